The fourth-order valence-electron chi connectivity index (χ4n) is 3.17. The molecule has 4 rings (SSSR count). The van der Waals surface area contributed by atoms with Crippen LogP contribution in [0.1, 0.15) is 36.4 Å². The largest absolute Gasteiger partial charge is 0.454 e. The molecule has 8 nitrogen and oxygen atoms in total. The number of carbonyl (C=O) groups is 1. The van der Waals surface area contributed by atoms with Gasteiger partial charge in [-0.05, 0) is 18.6 Å². The zero-order valence-corrected chi connectivity index (χ0v) is 15.4. The van der Waals surface area contributed by atoms with Gasteiger partial charge in [-0.2, -0.15) is 4.98 Å². The summed E-state index contributed by atoms with van der Waals surface area (Å²) in [6, 6.07) is 8.73. The Morgan fingerprint density at radius 3 is 2.93 bits per heavy atom. The third-order valence-corrected chi connectivity index (χ3v) is 5.38. The zero-order valence-electron chi connectivity index (χ0n) is 14.6. The quantitative estimate of drug-likeness (QED) is 0.686. The van der Waals surface area contributed by atoms with E-state index in [1.165, 1.54) is 10.8 Å². The molecule has 3 atom stereocenters. The molecular weight excluding hydrogens is 368 g/mol. The molecule has 1 aliphatic heterocycles. The van der Waals surface area contributed by atoms with Crippen LogP contribution in [0.5, 0.6) is 0 Å². The summed E-state index contributed by atoms with van der Waals surface area (Å²) in [5.74, 6) is -0.385. The molecule has 0 amide bonds. The van der Waals surface area contributed by atoms with E-state index in [-0.39, 0.29) is 16.9 Å². The molecule has 0 unspecified atom stereocenters. The lowest BCUT2D eigenvalue weighted by molar-refractivity contribution is -0.0475. The van der Waals surface area contributed by atoms with Crippen molar-refractivity contribution < 1.29 is 14.3 Å². The van der Waals surface area contributed by atoms with Crippen molar-refractivity contribution in [3.63, 3.8) is 0 Å². The molecule has 0 radical (unpaired) electrons. The van der Waals surface area contributed by atoms with E-state index in [0.29, 0.717) is 22.3 Å². The number of aromatic nitrogens is 3. The van der Waals surface area contributed by atoms with E-state index in [4.69, 9.17) is 15.2 Å². The molecule has 3 aromatic rings. The van der Waals surface area contributed by atoms with E-state index in [9.17, 15) is 9.59 Å². The average molecular weight is 386 g/mol. The van der Waals surface area contributed by atoms with Gasteiger partial charge in [-0.1, -0.05) is 36.5 Å². The minimum atomic E-state index is -0.752. The number of anilines is 1. The number of thiazole rings is 1. The highest BCUT2D eigenvalue weighted by Gasteiger charge is 2.40. The number of fused-ring (bicyclic) bond motifs is 1. The predicted octanol–water partition coefficient (Wildman–Crippen LogP) is 2.36. The Labute approximate surface area is 158 Å². The number of carbonyl (C=O) groups excluding carboxylic acids is 1. The second kappa shape index (κ2) is 7.09. The number of hydrogen-bond donors (Lipinski definition) is 1. The lowest BCUT2D eigenvalue weighted by Crippen LogP contribution is -2.30. The fourth-order valence-corrected chi connectivity index (χ4v) is 3.98. The molecule has 3 heterocycles. The molecule has 2 aromatic heterocycles. The van der Waals surface area contributed by atoms with Crippen LogP contribution in [0.25, 0.3) is 10.3 Å². The SMILES string of the molecule is CC[C@@H]1C[C@@H](OC(=O)c2ccccc2)[C@H](n2c(=O)sc3cnc(N)nc32)O1. The van der Waals surface area contributed by atoms with Gasteiger partial charge in [-0.15, -0.1) is 0 Å². The first-order valence-electron chi connectivity index (χ1n) is 8.62. The van der Waals surface area contributed by atoms with Crippen molar-refractivity contribution in [2.75, 3.05) is 5.73 Å². The first-order chi connectivity index (χ1) is 13.1. The number of nitrogens with two attached hydrogens (primary N) is 1. The molecular formula is C18H18N4O4S. The van der Waals surface area contributed by atoms with Gasteiger partial charge in [0.15, 0.2) is 11.9 Å². The van der Waals surface area contributed by atoms with E-state index in [0.717, 1.165) is 17.8 Å². The average Bonchev–Trinajstić information content (AvgIpc) is 3.21. The maximum atomic E-state index is 12.6. The first kappa shape index (κ1) is 17.6. The summed E-state index contributed by atoms with van der Waals surface area (Å²) in [6.45, 7) is 1.98. The molecule has 1 fully saturated rings. The van der Waals surface area contributed by atoms with E-state index in [2.05, 4.69) is 9.97 Å². The molecule has 0 saturated carbocycles. The molecule has 0 bridgehead atoms. The Balaban J connectivity index is 1.70. The molecule has 2 N–H and O–H groups in total. The van der Waals surface area contributed by atoms with Crippen LogP contribution in [0.15, 0.2) is 41.3 Å². The van der Waals surface area contributed by atoms with E-state index >= 15 is 0 Å². The summed E-state index contributed by atoms with van der Waals surface area (Å²) in [5.41, 5.74) is 6.52. The van der Waals surface area contributed by atoms with Crippen LogP contribution in [0.2, 0.25) is 0 Å². The highest BCUT2D eigenvalue weighted by molar-refractivity contribution is 7.16. The number of hydrogen-bond acceptors (Lipinski definition) is 8. The van der Waals surface area contributed by atoms with E-state index in [1.807, 2.05) is 13.0 Å². The van der Waals surface area contributed by atoms with Crippen LogP contribution in [-0.4, -0.2) is 32.7 Å². The van der Waals surface area contributed by atoms with Crippen molar-refractivity contribution in [3.8, 4) is 0 Å². The summed E-state index contributed by atoms with van der Waals surface area (Å²) >= 11 is 1.01. The monoisotopic (exact) mass is 386 g/mol. The Morgan fingerprint density at radius 2 is 2.19 bits per heavy atom. The van der Waals surface area contributed by atoms with Crippen molar-refractivity contribution in [3.05, 3.63) is 51.8 Å². The minimum absolute atomic E-state index is 0.0666. The number of benzene rings is 1. The second-order valence-corrected chi connectivity index (χ2v) is 7.25. The molecule has 1 aromatic carbocycles. The summed E-state index contributed by atoms with van der Waals surface area (Å²) in [7, 11) is 0. The van der Waals surface area contributed by atoms with Crippen LogP contribution in [0.4, 0.5) is 5.95 Å². The number of rotatable bonds is 4. The lowest BCUT2D eigenvalue weighted by Gasteiger charge is -2.20. The Hall–Kier alpha value is -2.78. The maximum Gasteiger partial charge on any atom is 0.338 e. The summed E-state index contributed by atoms with van der Waals surface area (Å²) in [6.07, 6.45) is 1.28. The van der Waals surface area contributed by atoms with Gasteiger partial charge < -0.3 is 15.2 Å². The maximum absolute atomic E-state index is 12.6. The van der Waals surface area contributed by atoms with Crippen LogP contribution in [0.3, 0.4) is 0 Å². The molecule has 0 aliphatic carbocycles. The standard InChI is InChI=1S/C18H18N4O4S/c1-2-11-8-12(26-16(23)10-6-4-3-5-7-10)15(25-11)22-14-13(27-18(22)24)9-20-17(19)21-14/h3-7,9,11-12,15H,2,8H2,1H3,(H2,19,20,21)/t11-,12-,15-/m1/s1. The van der Waals surface area contributed by atoms with Crippen LogP contribution >= 0.6 is 11.3 Å². The Morgan fingerprint density at radius 1 is 1.41 bits per heavy atom. The molecule has 0 spiro atoms. The van der Waals surface area contributed by atoms with E-state index in [1.54, 1.807) is 24.3 Å². The highest BCUT2D eigenvalue weighted by Crippen LogP contribution is 2.34. The first-order valence-corrected chi connectivity index (χ1v) is 9.43. The number of nitrogens with zero attached hydrogens (tertiary/aromatic N) is 3. The fraction of sp³-hybridized carbons (Fsp3) is 0.333. The third-order valence-electron chi connectivity index (χ3n) is 4.50. The highest BCUT2D eigenvalue weighted by atomic mass is 32.1. The van der Waals surface area contributed by atoms with Crippen molar-refractivity contribution in [1.29, 1.82) is 0 Å². The Kier molecular flexibility index (Phi) is 4.63. The number of nitrogen functional groups attached to an aromatic ring is 1. The van der Waals surface area contributed by atoms with Gasteiger partial charge >= 0.3 is 10.8 Å². The predicted molar refractivity (Wildman–Crippen MR) is 101 cm³/mol. The smallest absolute Gasteiger partial charge is 0.338 e. The minimum Gasteiger partial charge on any atom is -0.454 e. The summed E-state index contributed by atoms with van der Waals surface area (Å²) in [5, 5.41) is 0. The second-order valence-electron chi connectivity index (χ2n) is 6.26. The molecule has 9 heteroatoms. The Bertz CT molecular complexity index is 1030. The van der Waals surface area contributed by atoms with Gasteiger partial charge in [0.25, 0.3) is 0 Å². The van der Waals surface area contributed by atoms with Gasteiger partial charge in [0.1, 0.15) is 6.10 Å². The number of esters is 1. The van der Waals surface area contributed by atoms with Crippen molar-refractivity contribution in [1.82, 2.24) is 14.5 Å². The van der Waals surface area contributed by atoms with Crippen LogP contribution in [0, 0.1) is 0 Å². The molecule has 1 saturated heterocycles. The topological polar surface area (TPSA) is 109 Å². The normalized spacial score (nSPS) is 22.2. The van der Waals surface area contributed by atoms with Crippen molar-refractivity contribution in [2.24, 2.45) is 0 Å². The molecule has 27 heavy (non-hydrogen) atoms. The van der Waals surface area contributed by atoms with Crippen molar-refractivity contribution >= 4 is 33.6 Å². The molecule has 1 aliphatic rings. The van der Waals surface area contributed by atoms with E-state index < -0.39 is 18.3 Å². The van der Waals surface area contributed by atoms with Gasteiger partial charge in [0, 0.05) is 6.42 Å². The van der Waals surface area contributed by atoms with Gasteiger partial charge in [0.05, 0.1) is 22.6 Å². The third kappa shape index (κ3) is 3.31. The van der Waals surface area contributed by atoms with Gasteiger partial charge in [-0.25, -0.2) is 9.78 Å². The van der Waals surface area contributed by atoms with Gasteiger partial charge in [-0.3, -0.25) is 9.36 Å². The summed E-state index contributed by atoms with van der Waals surface area (Å²) < 4.78 is 13.7. The van der Waals surface area contributed by atoms with Gasteiger partial charge in [0.2, 0.25) is 5.95 Å². The number of ether oxygens (including phenoxy) is 2. The lowest BCUT2D eigenvalue weighted by atomic mass is 10.1. The zero-order chi connectivity index (χ0) is 19.0. The summed E-state index contributed by atoms with van der Waals surface area (Å²) in [4.78, 5) is 32.9. The van der Waals surface area contributed by atoms with Crippen molar-refractivity contribution in [2.45, 2.75) is 38.2 Å². The molecule has 140 valence electrons. The van der Waals surface area contributed by atoms with Crippen LogP contribution in [-0.2, 0) is 9.47 Å². The van der Waals surface area contributed by atoms with Crippen LogP contribution < -0.4 is 10.6 Å².